The molecule has 0 fully saturated rings. The number of carbonyl (C=O) groups is 2. The summed E-state index contributed by atoms with van der Waals surface area (Å²) in [4.78, 5) is 26.2. The van der Waals surface area contributed by atoms with Gasteiger partial charge in [0.2, 0.25) is 5.91 Å². The normalized spacial score (nSPS) is 12.2. The van der Waals surface area contributed by atoms with Crippen LogP contribution in [0.1, 0.15) is 30.8 Å². The molecule has 0 unspecified atom stereocenters. The van der Waals surface area contributed by atoms with Crippen LogP contribution < -0.4 is 11.1 Å². The molecule has 0 spiro atoms. The zero-order valence-corrected chi connectivity index (χ0v) is 9.43. The van der Waals surface area contributed by atoms with Crippen molar-refractivity contribution in [2.24, 2.45) is 5.73 Å². The van der Waals surface area contributed by atoms with E-state index in [1.807, 2.05) is 0 Å². The first-order valence-electron chi connectivity index (χ1n) is 4.51. The molecule has 0 aliphatic heterocycles. The first kappa shape index (κ1) is 11.8. The second kappa shape index (κ2) is 4.99. The highest BCUT2D eigenvalue weighted by atomic mass is 32.1. The largest absolute Gasteiger partial charge is 0.327 e. The number of hydrogen-bond donors (Lipinski definition) is 2. The third kappa shape index (κ3) is 3.77. The molecule has 3 N–H and O–H groups in total. The molecule has 1 heterocycles. The van der Waals surface area contributed by atoms with Gasteiger partial charge in [0, 0.05) is 24.8 Å². The lowest BCUT2D eigenvalue weighted by Crippen LogP contribution is -2.23. The van der Waals surface area contributed by atoms with Gasteiger partial charge in [-0.2, -0.15) is 0 Å². The van der Waals surface area contributed by atoms with E-state index >= 15 is 0 Å². The minimum atomic E-state index is -0.186. The number of Topliss-reactive ketones (excluding diaryl/α,β-unsaturated/α-hetero) is 1. The smallest absolute Gasteiger partial charge is 0.227 e. The van der Waals surface area contributed by atoms with Crippen LogP contribution in [0.25, 0.3) is 0 Å². The fourth-order valence-corrected chi connectivity index (χ4v) is 1.72. The van der Waals surface area contributed by atoms with Crippen molar-refractivity contribution in [1.29, 1.82) is 0 Å². The molecule has 1 aromatic rings. The van der Waals surface area contributed by atoms with Gasteiger partial charge in [0.15, 0.2) is 10.9 Å². The van der Waals surface area contributed by atoms with E-state index in [-0.39, 0.29) is 24.2 Å². The zero-order valence-electron chi connectivity index (χ0n) is 8.61. The molecule has 6 heteroatoms. The van der Waals surface area contributed by atoms with E-state index in [1.54, 1.807) is 12.3 Å². The van der Waals surface area contributed by atoms with Gasteiger partial charge >= 0.3 is 0 Å². The zero-order chi connectivity index (χ0) is 11.4. The molecule has 0 radical (unpaired) electrons. The van der Waals surface area contributed by atoms with E-state index in [9.17, 15) is 9.59 Å². The number of aromatic nitrogens is 1. The third-order valence-corrected chi connectivity index (χ3v) is 2.38. The molecule has 0 saturated heterocycles. The molecule has 15 heavy (non-hydrogen) atoms. The Kier molecular flexibility index (Phi) is 3.93. The SMILES string of the molecule is CC(=O)c1csc(NC(=O)C[C@H](C)N)n1. The van der Waals surface area contributed by atoms with Crippen molar-refractivity contribution in [3.63, 3.8) is 0 Å². The molecule has 82 valence electrons. The number of rotatable bonds is 4. The summed E-state index contributed by atoms with van der Waals surface area (Å²) in [5.41, 5.74) is 5.84. The van der Waals surface area contributed by atoms with Crippen molar-refractivity contribution < 1.29 is 9.59 Å². The van der Waals surface area contributed by atoms with E-state index < -0.39 is 0 Å². The Balaban J connectivity index is 2.57. The molecule has 5 nitrogen and oxygen atoms in total. The van der Waals surface area contributed by atoms with Crippen LogP contribution in [0.3, 0.4) is 0 Å². The lowest BCUT2D eigenvalue weighted by molar-refractivity contribution is -0.116. The second-order valence-electron chi connectivity index (χ2n) is 3.32. The summed E-state index contributed by atoms with van der Waals surface area (Å²) >= 11 is 1.23. The van der Waals surface area contributed by atoms with Crippen LogP contribution in [0.2, 0.25) is 0 Å². The van der Waals surface area contributed by atoms with Crippen LogP contribution >= 0.6 is 11.3 Å². The van der Waals surface area contributed by atoms with Crippen molar-refractivity contribution in [3.8, 4) is 0 Å². The summed E-state index contributed by atoms with van der Waals surface area (Å²) < 4.78 is 0. The minimum absolute atomic E-state index is 0.112. The molecule has 0 bridgehead atoms. The minimum Gasteiger partial charge on any atom is -0.327 e. The number of hydrogen-bond acceptors (Lipinski definition) is 5. The summed E-state index contributed by atoms with van der Waals surface area (Å²) in [5.74, 6) is -0.298. The molecular formula is C9H13N3O2S. The fraction of sp³-hybridized carbons (Fsp3) is 0.444. The maximum atomic E-state index is 11.3. The number of nitrogens with zero attached hydrogens (tertiary/aromatic N) is 1. The van der Waals surface area contributed by atoms with Crippen LogP contribution in [0.4, 0.5) is 5.13 Å². The average molecular weight is 227 g/mol. The van der Waals surface area contributed by atoms with Crippen molar-refractivity contribution in [2.75, 3.05) is 5.32 Å². The maximum Gasteiger partial charge on any atom is 0.227 e. The highest BCUT2D eigenvalue weighted by Gasteiger charge is 2.10. The van der Waals surface area contributed by atoms with Crippen molar-refractivity contribution >= 4 is 28.2 Å². The molecular weight excluding hydrogens is 214 g/mol. The number of nitrogens with two attached hydrogens (primary N) is 1. The average Bonchev–Trinajstić information content (AvgIpc) is 2.50. The number of ketones is 1. The van der Waals surface area contributed by atoms with Gasteiger partial charge in [-0.25, -0.2) is 4.98 Å². The summed E-state index contributed by atoms with van der Waals surface area (Å²) in [5, 5.41) is 4.64. The Hall–Kier alpha value is -1.27. The Morgan fingerprint density at radius 1 is 1.67 bits per heavy atom. The van der Waals surface area contributed by atoms with Crippen molar-refractivity contribution in [3.05, 3.63) is 11.1 Å². The van der Waals surface area contributed by atoms with Gasteiger partial charge in [-0.3, -0.25) is 9.59 Å². The number of amides is 1. The number of carbonyl (C=O) groups excluding carboxylic acids is 2. The van der Waals surface area contributed by atoms with Gasteiger partial charge < -0.3 is 11.1 Å². The van der Waals surface area contributed by atoms with E-state index in [1.165, 1.54) is 18.3 Å². The standard InChI is InChI=1S/C9H13N3O2S/c1-5(10)3-8(14)12-9-11-7(4-15-9)6(2)13/h4-5H,3,10H2,1-2H3,(H,11,12,14)/t5-/m0/s1. The van der Waals surface area contributed by atoms with Gasteiger partial charge in [0.25, 0.3) is 0 Å². The number of nitrogens with one attached hydrogen (secondary N) is 1. The van der Waals surface area contributed by atoms with Gasteiger partial charge in [0.05, 0.1) is 0 Å². The summed E-state index contributed by atoms with van der Waals surface area (Å²) in [6.07, 6.45) is 0.245. The van der Waals surface area contributed by atoms with Gasteiger partial charge in [-0.05, 0) is 6.92 Å². The maximum absolute atomic E-state index is 11.3. The monoisotopic (exact) mass is 227 g/mol. The van der Waals surface area contributed by atoms with Crippen LogP contribution in [-0.2, 0) is 4.79 Å². The van der Waals surface area contributed by atoms with Crippen molar-refractivity contribution in [1.82, 2.24) is 4.98 Å². The Bertz CT molecular complexity index is 373. The number of anilines is 1. The first-order valence-corrected chi connectivity index (χ1v) is 5.39. The summed E-state index contributed by atoms with van der Waals surface area (Å²) in [7, 11) is 0. The lowest BCUT2D eigenvalue weighted by Gasteiger charge is -2.03. The third-order valence-electron chi connectivity index (χ3n) is 1.62. The quantitative estimate of drug-likeness (QED) is 0.752. The summed E-state index contributed by atoms with van der Waals surface area (Å²) in [6, 6.07) is -0.183. The molecule has 1 atom stereocenters. The predicted octanol–water partition coefficient (Wildman–Crippen LogP) is 1.02. The molecule has 0 aliphatic rings. The van der Waals surface area contributed by atoms with Crippen LogP contribution in [0, 0.1) is 0 Å². The van der Waals surface area contributed by atoms with Crippen LogP contribution in [0.5, 0.6) is 0 Å². The van der Waals surface area contributed by atoms with E-state index in [0.717, 1.165) is 0 Å². The Morgan fingerprint density at radius 2 is 2.33 bits per heavy atom. The van der Waals surface area contributed by atoms with Crippen LogP contribution in [0.15, 0.2) is 5.38 Å². The van der Waals surface area contributed by atoms with Gasteiger partial charge in [-0.15, -0.1) is 11.3 Å². The Labute approximate surface area is 91.7 Å². The van der Waals surface area contributed by atoms with E-state index in [4.69, 9.17) is 5.73 Å². The highest BCUT2D eigenvalue weighted by Crippen LogP contribution is 2.15. The predicted molar refractivity (Wildman–Crippen MR) is 59.0 cm³/mol. The lowest BCUT2D eigenvalue weighted by atomic mass is 10.2. The Morgan fingerprint density at radius 3 is 2.80 bits per heavy atom. The van der Waals surface area contributed by atoms with E-state index in [2.05, 4.69) is 10.3 Å². The fourth-order valence-electron chi connectivity index (χ4n) is 0.956. The topological polar surface area (TPSA) is 85.1 Å². The first-order chi connectivity index (χ1) is 6.99. The molecule has 1 aromatic heterocycles. The van der Waals surface area contributed by atoms with Gasteiger partial charge in [0.1, 0.15) is 5.69 Å². The van der Waals surface area contributed by atoms with Gasteiger partial charge in [-0.1, -0.05) is 0 Å². The van der Waals surface area contributed by atoms with Crippen LogP contribution in [-0.4, -0.2) is 22.7 Å². The highest BCUT2D eigenvalue weighted by molar-refractivity contribution is 7.14. The molecule has 1 rings (SSSR count). The molecule has 1 amide bonds. The van der Waals surface area contributed by atoms with E-state index in [0.29, 0.717) is 10.8 Å². The molecule has 0 saturated carbocycles. The molecule has 0 aliphatic carbocycles. The molecule has 0 aromatic carbocycles. The van der Waals surface area contributed by atoms with Crippen molar-refractivity contribution in [2.45, 2.75) is 26.3 Å². The summed E-state index contributed by atoms with van der Waals surface area (Å²) in [6.45, 7) is 3.19. The number of thiazole rings is 1. The second-order valence-corrected chi connectivity index (χ2v) is 4.18.